The van der Waals surface area contributed by atoms with Gasteiger partial charge in [0, 0.05) is 5.57 Å². The minimum absolute atomic E-state index is 0.177. The Bertz CT molecular complexity index is 303. The summed E-state index contributed by atoms with van der Waals surface area (Å²) in [6.45, 7) is 4.46. The molecule has 7 nitrogen and oxygen atoms in total. The molecule has 0 amide bonds. The van der Waals surface area contributed by atoms with Crippen LogP contribution < -0.4 is 0 Å². The zero-order chi connectivity index (χ0) is 13.2. The molecule has 0 bridgehead atoms. The zero-order valence-electron chi connectivity index (χ0n) is 9.31. The molecule has 1 unspecified atom stereocenters. The summed E-state index contributed by atoms with van der Waals surface area (Å²) in [5.74, 6) is -0.670. The van der Waals surface area contributed by atoms with E-state index in [9.17, 15) is 25.2 Å². The van der Waals surface area contributed by atoms with Crippen LogP contribution in [0.25, 0.3) is 0 Å². The van der Waals surface area contributed by atoms with E-state index < -0.39 is 36.7 Å². The summed E-state index contributed by atoms with van der Waals surface area (Å²) in [5.41, 5.74) is 0.177. The van der Waals surface area contributed by atoms with Gasteiger partial charge in [-0.15, -0.1) is 0 Å². The maximum Gasteiger partial charge on any atom is 0.333 e. The molecule has 1 rings (SSSR count). The third-order valence-electron chi connectivity index (χ3n) is 2.41. The first kappa shape index (κ1) is 14.1. The molecular formula is C10H16O7. The van der Waals surface area contributed by atoms with Gasteiger partial charge < -0.3 is 29.9 Å². The summed E-state index contributed by atoms with van der Waals surface area (Å²) in [5, 5.41) is 37.3. The van der Waals surface area contributed by atoms with E-state index in [1.54, 1.807) is 0 Å². The lowest BCUT2D eigenvalue weighted by Crippen LogP contribution is -2.58. The smallest absolute Gasteiger partial charge is 0.333 e. The molecule has 0 radical (unpaired) electrons. The molecule has 1 aliphatic rings. The lowest BCUT2D eigenvalue weighted by molar-refractivity contribution is -0.287. The van der Waals surface area contributed by atoms with Crippen LogP contribution in [0.5, 0.6) is 0 Å². The van der Waals surface area contributed by atoms with Gasteiger partial charge in [0.25, 0.3) is 0 Å². The highest BCUT2D eigenvalue weighted by Crippen LogP contribution is 2.20. The number of aliphatic hydroxyl groups excluding tert-OH is 4. The van der Waals surface area contributed by atoms with Gasteiger partial charge in [0.15, 0.2) is 6.29 Å². The molecule has 0 aromatic heterocycles. The van der Waals surface area contributed by atoms with Gasteiger partial charge in [-0.05, 0) is 6.92 Å². The monoisotopic (exact) mass is 248 g/mol. The van der Waals surface area contributed by atoms with Crippen molar-refractivity contribution in [3.63, 3.8) is 0 Å². The van der Waals surface area contributed by atoms with Gasteiger partial charge in [-0.2, -0.15) is 0 Å². The maximum atomic E-state index is 11.1. The van der Waals surface area contributed by atoms with E-state index in [-0.39, 0.29) is 12.2 Å². The zero-order valence-corrected chi connectivity index (χ0v) is 9.31. The molecule has 0 aromatic rings. The highest BCUT2D eigenvalue weighted by Gasteiger charge is 2.43. The number of rotatable bonds is 3. The molecule has 5 atom stereocenters. The Balaban J connectivity index is 2.54. The Labute approximate surface area is 97.9 Å². The summed E-state index contributed by atoms with van der Waals surface area (Å²) in [6.07, 6.45) is -7.36. The maximum absolute atomic E-state index is 11.1. The van der Waals surface area contributed by atoms with Crippen molar-refractivity contribution in [3.05, 3.63) is 12.2 Å². The van der Waals surface area contributed by atoms with E-state index in [0.29, 0.717) is 0 Å². The lowest BCUT2D eigenvalue weighted by Gasteiger charge is -2.37. The first-order valence-corrected chi connectivity index (χ1v) is 5.05. The van der Waals surface area contributed by atoms with Crippen LogP contribution in [0.2, 0.25) is 0 Å². The molecule has 7 heteroatoms. The SMILES string of the molecule is C=C(C)C(=O)OC[C@H]1OC(O)[C@H](O)[C@@H](O)[C@H]1O. The summed E-state index contributed by atoms with van der Waals surface area (Å²) in [4.78, 5) is 11.1. The van der Waals surface area contributed by atoms with E-state index in [1.165, 1.54) is 6.92 Å². The minimum atomic E-state index is -1.64. The van der Waals surface area contributed by atoms with Crippen LogP contribution in [-0.4, -0.2) is 63.7 Å². The van der Waals surface area contributed by atoms with E-state index in [4.69, 9.17) is 9.47 Å². The molecule has 4 N–H and O–H groups in total. The van der Waals surface area contributed by atoms with E-state index in [0.717, 1.165) is 0 Å². The molecule has 1 heterocycles. The van der Waals surface area contributed by atoms with Crippen molar-refractivity contribution < 1.29 is 34.7 Å². The average Bonchev–Trinajstić information content (AvgIpc) is 2.28. The molecule has 1 saturated heterocycles. The van der Waals surface area contributed by atoms with Crippen LogP contribution >= 0.6 is 0 Å². The fourth-order valence-electron chi connectivity index (χ4n) is 1.35. The molecule has 17 heavy (non-hydrogen) atoms. The van der Waals surface area contributed by atoms with Gasteiger partial charge in [-0.3, -0.25) is 0 Å². The second-order valence-corrected chi connectivity index (χ2v) is 3.92. The highest BCUT2D eigenvalue weighted by molar-refractivity contribution is 5.86. The van der Waals surface area contributed by atoms with Crippen molar-refractivity contribution in [2.24, 2.45) is 0 Å². The molecule has 98 valence electrons. The quantitative estimate of drug-likeness (QED) is 0.334. The Morgan fingerprint density at radius 1 is 1.24 bits per heavy atom. The molecule has 0 saturated carbocycles. The van der Waals surface area contributed by atoms with Crippen LogP contribution in [0, 0.1) is 0 Å². The molecule has 0 aromatic carbocycles. The summed E-state index contributed by atoms with van der Waals surface area (Å²) >= 11 is 0. The number of hydrogen-bond donors (Lipinski definition) is 4. The van der Waals surface area contributed by atoms with Crippen molar-refractivity contribution >= 4 is 5.97 Å². The number of ether oxygens (including phenoxy) is 2. The fourth-order valence-corrected chi connectivity index (χ4v) is 1.35. The molecule has 0 aliphatic carbocycles. The Hall–Kier alpha value is -0.990. The number of hydrogen-bond acceptors (Lipinski definition) is 7. The molecular weight excluding hydrogens is 232 g/mol. The number of carbonyl (C=O) groups excluding carboxylic acids is 1. The fraction of sp³-hybridized carbons (Fsp3) is 0.700. The summed E-state index contributed by atoms with van der Waals surface area (Å²) < 4.78 is 9.52. The first-order valence-electron chi connectivity index (χ1n) is 5.05. The average molecular weight is 248 g/mol. The van der Waals surface area contributed by atoms with Crippen LogP contribution in [-0.2, 0) is 14.3 Å². The molecule has 1 aliphatic heterocycles. The number of esters is 1. The largest absolute Gasteiger partial charge is 0.459 e. The van der Waals surface area contributed by atoms with E-state index in [1.807, 2.05) is 0 Å². The normalized spacial score (nSPS) is 37.6. The Morgan fingerprint density at radius 3 is 2.35 bits per heavy atom. The van der Waals surface area contributed by atoms with Crippen molar-refractivity contribution in [1.82, 2.24) is 0 Å². The Kier molecular flexibility index (Phi) is 4.61. The standard InChI is InChI=1S/C10H16O7/c1-4(2)9(14)16-3-5-6(11)7(12)8(13)10(15)17-5/h5-8,10-13,15H,1,3H2,2H3/t5-,6+,7+,8-,10?/m1/s1. The molecule has 1 fully saturated rings. The van der Waals surface area contributed by atoms with Gasteiger partial charge in [0.1, 0.15) is 31.0 Å². The third-order valence-corrected chi connectivity index (χ3v) is 2.41. The number of carbonyl (C=O) groups is 1. The summed E-state index contributed by atoms with van der Waals surface area (Å²) in [7, 11) is 0. The lowest BCUT2D eigenvalue weighted by atomic mass is 9.99. The Morgan fingerprint density at radius 2 is 1.82 bits per heavy atom. The van der Waals surface area contributed by atoms with Gasteiger partial charge in [-0.25, -0.2) is 4.79 Å². The second kappa shape index (κ2) is 5.56. The van der Waals surface area contributed by atoms with Gasteiger partial charge >= 0.3 is 5.97 Å². The predicted molar refractivity (Wildman–Crippen MR) is 54.7 cm³/mol. The van der Waals surface area contributed by atoms with E-state index >= 15 is 0 Å². The van der Waals surface area contributed by atoms with Crippen LogP contribution in [0.1, 0.15) is 6.92 Å². The second-order valence-electron chi connectivity index (χ2n) is 3.92. The topological polar surface area (TPSA) is 116 Å². The third kappa shape index (κ3) is 3.24. The van der Waals surface area contributed by atoms with Crippen molar-refractivity contribution in [1.29, 1.82) is 0 Å². The van der Waals surface area contributed by atoms with Gasteiger partial charge in [0.2, 0.25) is 0 Å². The van der Waals surface area contributed by atoms with Crippen molar-refractivity contribution in [2.75, 3.05) is 6.61 Å². The minimum Gasteiger partial charge on any atom is -0.459 e. The van der Waals surface area contributed by atoms with Crippen molar-refractivity contribution in [3.8, 4) is 0 Å². The van der Waals surface area contributed by atoms with Gasteiger partial charge in [0.05, 0.1) is 0 Å². The van der Waals surface area contributed by atoms with Crippen molar-refractivity contribution in [2.45, 2.75) is 37.6 Å². The molecule has 0 spiro atoms. The van der Waals surface area contributed by atoms with Crippen LogP contribution in [0.3, 0.4) is 0 Å². The number of aliphatic hydroxyl groups is 4. The highest BCUT2D eigenvalue weighted by atomic mass is 16.6. The van der Waals surface area contributed by atoms with Crippen LogP contribution in [0.15, 0.2) is 12.2 Å². The predicted octanol–water partition coefficient (Wildman–Crippen LogP) is -2.09. The van der Waals surface area contributed by atoms with Gasteiger partial charge in [-0.1, -0.05) is 6.58 Å². The first-order chi connectivity index (χ1) is 7.84. The van der Waals surface area contributed by atoms with Crippen LogP contribution in [0.4, 0.5) is 0 Å². The van der Waals surface area contributed by atoms with E-state index in [2.05, 4.69) is 6.58 Å². The summed E-state index contributed by atoms with van der Waals surface area (Å²) in [6, 6.07) is 0.